The fraction of sp³-hybridized carbons (Fsp3) is 0.463. The van der Waals surface area contributed by atoms with Crippen molar-refractivity contribution in [3.63, 3.8) is 0 Å². The minimum Gasteiger partial charge on any atom is -0.497 e. The Balaban J connectivity index is 1.05. The second-order valence-corrected chi connectivity index (χ2v) is 14.9. The minimum atomic E-state index is -0.701. The van der Waals surface area contributed by atoms with Gasteiger partial charge in [0.05, 0.1) is 29.9 Å². The quantitative estimate of drug-likeness (QED) is 0.168. The summed E-state index contributed by atoms with van der Waals surface area (Å²) in [5.74, 6) is -0.334. The summed E-state index contributed by atoms with van der Waals surface area (Å²) in [4.78, 5) is 52.4. The van der Waals surface area contributed by atoms with E-state index in [1.165, 1.54) is 6.07 Å². The maximum absolute atomic E-state index is 15.7. The number of pyridine rings is 2. The number of fused-ring (bicyclic) bond motifs is 5. The lowest BCUT2D eigenvalue weighted by Gasteiger charge is -2.51. The average molecular weight is 723 g/mol. The topological polar surface area (TPSA) is 109 Å². The van der Waals surface area contributed by atoms with Crippen LogP contribution in [0.15, 0.2) is 66.2 Å². The number of aromatic nitrogens is 2. The average Bonchev–Trinajstić information content (AvgIpc) is 4.05. The van der Waals surface area contributed by atoms with Crippen LogP contribution in [0.1, 0.15) is 60.7 Å². The summed E-state index contributed by atoms with van der Waals surface area (Å²) in [6.45, 7) is 11.5. The van der Waals surface area contributed by atoms with Crippen LogP contribution >= 0.6 is 0 Å². The molecule has 2 aromatic heterocycles. The van der Waals surface area contributed by atoms with Crippen molar-refractivity contribution in [3.8, 4) is 5.75 Å². The first-order valence-electron chi connectivity index (χ1n) is 18.9. The van der Waals surface area contributed by atoms with E-state index in [2.05, 4.69) is 33.6 Å². The molecule has 4 aromatic rings. The van der Waals surface area contributed by atoms with Gasteiger partial charge < -0.3 is 29.2 Å². The highest BCUT2D eigenvalue weighted by molar-refractivity contribution is 5.99. The Bertz CT molecular complexity index is 2130. The maximum atomic E-state index is 15.7. The first-order valence-corrected chi connectivity index (χ1v) is 18.9. The van der Waals surface area contributed by atoms with Gasteiger partial charge >= 0.3 is 5.97 Å². The highest BCUT2D eigenvalue weighted by Gasteiger charge is 2.44. The fourth-order valence-corrected chi connectivity index (χ4v) is 8.72. The Hall–Kier alpha value is -4.81. The van der Waals surface area contributed by atoms with Crippen molar-refractivity contribution in [1.29, 1.82) is 0 Å². The lowest BCUT2D eigenvalue weighted by Crippen LogP contribution is -2.55. The molecule has 1 unspecified atom stereocenters. The molecular formula is C41H47FN6O5. The third kappa shape index (κ3) is 6.78. The van der Waals surface area contributed by atoms with Crippen LogP contribution in [0.25, 0.3) is 21.8 Å². The number of anilines is 1. The Labute approximate surface area is 308 Å². The first kappa shape index (κ1) is 35.2. The number of carbonyl (C=O) groups is 2. The zero-order chi connectivity index (χ0) is 36.8. The molecule has 4 aliphatic heterocycles. The highest BCUT2D eigenvalue weighted by Crippen LogP contribution is 2.44. The van der Waals surface area contributed by atoms with Crippen LogP contribution in [0.4, 0.5) is 10.1 Å². The highest BCUT2D eigenvalue weighted by atomic mass is 19.1. The van der Waals surface area contributed by atoms with Crippen LogP contribution < -0.4 is 20.4 Å². The molecule has 278 valence electrons. The Morgan fingerprint density at radius 2 is 1.89 bits per heavy atom. The van der Waals surface area contributed by atoms with E-state index in [0.717, 1.165) is 74.9 Å². The lowest BCUT2D eigenvalue weighted by atomic mass is 9.73. The second kappa shape index (κ2) is 14.5. The van der Waals surface area contributed by atoms with Crippen LogP contribution in [0, 0.1) is 17.7 Å². The Kier molecular flexibility index (Phi) is 9.67. The maximum Gasteiger partial charge on any atom is 0.326 e. The van der Waals surface area contributed by atoms with Gasteiger partial charge in [0.25, 0.3) is 5.91 Å². The number of piperidine rings is 3. The van der Waals surface area contributed by atoms with E-state index >= 15 is 4.39 Å². The number of piperazine rings is 1. The Morgan fingerprint density at radius 1 is 1.08 bits per heavy atom. The largest absolute Gasteiger partial charge is 0.497 e. The summed E-state index contributed by atoms with van der Waals surface area (Å²) >= 11 is 0. The van der Waals surface area contributed by atoms with Gasteiger partial charge in [-0.15, -0.1) is 6.58 Å². The molecule has 6 heterocycles. The van der Waals surface area contributed by atoms with Crippen molar-refractivity contribution in [2.24, 2.45) is 11.8 Å². The Morgan fingerprint density at radius 3 is 2.58 bits per heavy atom. The van der Waals surface area contributed by atoms with Crippen LogP contribution in [0.2, 0.25) is 0 Å². The van der Waals surface area contributed by atoms with Gasteiger partial charge in [-0.2, -0.15) is 0 Å². The van der Waals surface area contributed by atoms with Crippen LogP contribution in [0.5, 0.6) is 5.75 Å². The molecule has 0 radical (unpaired) electrons. The molecule has 0 spiro atoms. The van der Waals surface area contributed by atoms with Crippen molar-refractivity contribution in [3.05, 3.63) is 88.6 Å². The van der Waals surface area contributed by atoms with Crippen LogP contribution in [-0.2, 0) is 9.53 Å². The van der Waals surface area contributed by atoms with Crippen molar-refractivity contribution in [1.82, 2.24) is 24.7 Å². The summed E-state index contributed by atoms with van der Waals surface area (Å²) in [6, 6.07) is 10.6. The van der Waals surface area contributed by atoms with Gasteiger partial charge in [0.15, 0.2) is 0 Å². The molecule has 1 aliphatic carbocycles. The number of esters is 1. The minimum absolute atomic E-state index is 0.0806. The molecule has 2 bridgehead atoms. The van der Waals surface area contributed by atoms with Crippen LogP contribution in [-0.4, -0.2) is 96.7 Å². The molecule has 5 aliphatic rings. The van der Waals surface area contributed by atoms with E-state index in [1.807, 2.05) is 39.8 Å². The van der Waals surface area contributed by atoms with Gasteiger partial charge in [0, 0.05) is 67.5 Å². The van der Waals surface area contributed by atoms with E-state index in [1.54, 1.807) is 25.6 Å². The number of hydrogen-bond acceptors (Lipinski definition) is 9. The van der Waals surface area contributed by atoms with Gasteiger partial charge in [-0.3, -0.25) is 24.3 Å². The van der Waals surface area contributed by atoms with Gasteiger partial charge in [0.1, 0.15) is 29.8 Å². The van der Waals surface area contributed by atoms with E-state index in [9.17, 15) is 14.4 Å². The summed E-state index contributed by atoms with van der Waals surface area (Å²) < 4.78 is 29.4. The van der Waals surface area contributed by atoms with E-state index in [4.69, 9.17) is 9.47 Å². The van der Waals surface area contributed by atoms with Crippen molar-refractivity contribution in [2.45, 2.75) is 50.8 Å². The van der Waals surface area contributed by atoms with E-state index in [-0.39, 0.29) is 23.0 Å². The number of amides is 1. The first-order chi connectivity index (χ1) is 25.8. The standard InChI is InChI=1S/C41H47FN6O5/c1-4-25-23-47-13-11-26(25)18-37(47)40(29-10-12-43-34-9-8-28(52-3)19-30(29)34)53-38(49)22-44-41(51)32-24-48(27-6-7-27)35-21-36(33(42)20-31(35)39(32)50)46-16-14-45(5-2)15-17-46/h4,8-10,12,19-21,24-27,37,40H,1,5-7,11,13-18,22-23H2,2-3H3,(H,44,51)/t25-,26-,37-,40+/m0/s1. The SMILES string of the molecule is C=C[C@H]1CN2CC[C@H]1C[C@H]2[C@H](OC(=O)CNC(=O)c1cn(C2CC2)c2cc(N3CCN(CC)CC3)c(F)cc2c1=O)c1ccnc2ccc(OC)cc12. The molecule has 1 saturated carbocycles. The number of benzene rings is 2. The number of likely N-dealkylation sites (N-methyl/N-ethyl adjacent to an activating group) is 1. The number of hydrogen-bond donors (Lipinski definition) is 1. The van der Waals surface area contributed by atoms with Crippen molar-refractivity contribution < 1.29 is 23.5 Å². The summed E-state index contributed by atoms with van der Waals surface area (Å²) in [7, 11) is 1.61. The number of rotatable bonds is 11. The third-order valence-corrected chi connectivity index (χ3v) is 11.9. The van der Waals surface area contributed by atoms with E-state index in [0.29, 0.717) is 41.9 Å². The van der Waals surface area contributed by atoms with Gasteiger partial charge in [0.2, 0.25) is 5.43 Å². The fourth-order valence-electron chi connectivity index (χ4n) is 8.72. The molecule has 4 saturated heterocycles. The van der Waals surface area contributed by atoms with Crippen molar-refractivity contribution >= 4 is 39.4 Å². The number of nitrogens with one attached hydrogen (secondary N) is 1. The molecule has 11 nitrogen and oxygen atoms in total. The summed E-state index contributed by atoms with van der Waals surface area (Å²) in [5.41, 5.74) is 1.96. The molecule has 9 rings (SSSR count). The summed E-state index contributed by atoms with van der Waals surface area (Å²) in [6.07, 6.45) is 8.37. The normalized spacial score (nSPS) is 23.6. The molecule has 5 fully saturated rings. The predicted molar refractivity (Wildman–Crippen MR) is 202 cm³/mol. The molecule has 12 heteroatoms. The van der Waals surface area contributed by atoms with E-state index < -0.39 is 35.8 Å². The second-order valence-electron chi connectivity index (χ2n) is 14.9. The molecule has 1 N–H and O–H groups in total. The zero-order valence-electron chi connectivity index (χ0n) is 30.4. The van der Waals surface area contributed by atoms with Gasteiger partial charge in [-0.1, -0.05) is 13.0 Å². The number of halogens is 1. The van der Waals surface area contributed by atoms with Gasteiger partial charge in [-0.05, 0) is 87.0 Å². The number of ether oxygens (including phenoxy) is 2. The molecule has 1 amide bonds. The number of nitrogens with zero attached hydrogens (tertiary/aromatic N) is 5. The van der Waals surface area contributed by atoms with Crippen LogP contribution in [0.3, 0.4) is 0 Å². The predicted octanol–water partition coefficient (Wildman–Crippen LogP) is 5.08. The molecule has 53 heavy (non-hydrogen) atoms. The molecule has 2 aromatic carbocycles. The lowest BCUT2D eigenvalue weighted by molar-refractivity contribution is -0.156. The number of carbonyl (C=O) groups excluding carboxylic acids is 2. The third-order valence-electron chi connectivity index (χ3n) is 11.9. The van der Waals surface area contributed by atoms with Gasteiger partial charge in [-0.25, -0.2) is 4.39 Å². The smallest absolute Gasteiger partial charge is 0.326 e. The molecule has 5 atom stereocenters. The van der Waals surface area contributed by atoms with Crippen molar-refractivity contribution in [2.75, 3.05) is 64.4 Å². The molecular weight excluding hydrogens is 675 g/mol. The zero-order valence-corrected chi connectivity index (χ0v) is 30.4. The monoisotopic (exact) mass is 722 g/mol. The summed E-state index contributed by atoms with van der Waals surface area (Å²) in [5, 5.41) is 3.63. The number of methoxy groups -OCH3 is 1.